The van der Waals surface area contributed by atoms with Crippen LogP contribution in [0.4, 0.5) is 8.78 Å². The van der Waals surface area contributed by atoms with Crippen molar-refractivity contribution in [3.05, 3.63) is 83.8 Å². The lowest BCUT2D eigenvalue weighted by molar-refractivity contribution is 0.0497. The number of aromatic nitrogens is 2. The van der Waals surface area contributed by atoms with Gasteiger partial charge in [-0.1, -0.05) is 12.1 Å². The number of benzene rings is 1. The average Bonchev–Trinajstić information content (AvgIpc) is 2.72. The quantitative estimate of drug-likeness (QED) is 0.659. The van der Waals surface area contributed by atoms with Gasteiger partial charge in [-0.3, -0.25) is 14.6 Å². The normalized spacial score (nSPS) is 13.6. The van der Waals surface area contributed by atoms with Gasteiger partial charge in [-0.15, -0.1) is 0 Å². The summed E-state index contributed by atoms with van der Waals surface area (Å²) in [7, 11) is 0. The molecule has 0 radical (unpaired) electrons. The third-order valence-electron chi connectivity index (χ3n) is 4.92. The van der Waals surface area contributed by atoms with E-state index in [9.17, 15) is 18.4 Å². The van der Waals surface area contributed by atoms with E-state index in [1.807, 2.05) is 0 Å². The zero-order valence-electron chi connectivity index (χ0n) is 15.9. The molecule has 2 amide bonds. The van der Waals surface area contributed by atoms with E-state index in [4.69, 9.17) is 0 Å². The Labute approximate surface area is 171 Å². The number of amides is 2. The van der Waals surface area contributed by atoms with E-state index in [1.165, 1.54) is 30.6 Å². The zero-order chi connectivity index (χ0) is 21.1. The van der Waals surface area contributed by atoms with Gasteiger partial charge in [0.15, 0.2) is 0 Å². The molecule has 1 N–H and O–H groups in total. The van der Waals surface area contributed by atoms with Crippen LogP contribution in [0.5, 0.6) is 0 Å². The molecule has 0 aliphatic carbocycles. The molecule has 0 bridgehead atoms. The Hall–Kier alpha value is -3.68. The van der Waals surface area contributed by atoms with E-state index >= 15 is 0 Å². The third-order valence-corrected chi connectivity index (χ3v) is 4.92. The predicted molar refractivity (Wildman–Crippen MR) is 106 cm³/mol. The number of pyridine rings is 2. The van der Waals surface area contributed by atoms with E-state index in [0.717, 1.165) is 6.07 Å². The second-order valence-corrected chi connectivity index (χ2v) is 7.10. The van der Waals surface area contributed by atoms with Crippen LogP contribution < -0.4 is 5.32 Å². The second-order valence-electron chi connectivity index (χ2n) is 7.10. The summed E-state index contributed by atoms with van der Waals surface area (Å²) in [6.07, 6.45) is 2.71. The van der Waals surface area contributed by atoms with E-state index in [0.29, 0.717) is 36.5 Å². The van der Waals surface area contributed by atoms with Gasteiger partial charge in [-0.05, 0) is 30.3 Å². The number of hydrogen-bond donors (Lipinski definition) is 1. The SMILES string of the molecule is O=C(NCC1CN(C(=O)c2ccnc(F)c2)C1)c1ccc(-c2cccc(F)c2)nc1. The van der Waals surface area contributed by atoms with Gasteiger partial charge >= 0.3 is 0 Å². The Morgan fingerprint density at radius 3 is 2.57 bits per heavy atom. The molecule has 152 valence electrons. The molecule has 2 aromatic heterocycles. The number of hydrogen-bond acceptors (Lipinski definition) is 4. The molecule has 4 rings (SSSR count). The highest BCUT2D eigenvalue weighted by atomic mass is 19.1. The van der Waals surface area contributed by atoms with Crippen molar-refractivity contribution in [1.82, 2.24) is 20.2 Å². The van der Waals surface area contributed by atoms with Crippen LogP contribution in [0.3, 0.4) is 0 Å². The van der Waals surface area contributed by atoms with E-state index in [1.54, 1.807) is 29.2 Å². The molecule has 1 aliphatic rings. The van der Waals surface area contributed by atoms with Gasteiger partial charge in [0, 0.05) is 55.1 Å². The van der Waals surface area contributed by atoms with Gasteiger partial charge in [0.05, 0.1) is 11.3 Å². The van der Waals surface area contributed by atoms with Crippen molar-refractivity contribution in [3.8, 4) is 11.3 Å². The molecule has 0 unspecified atom stereocenters. The van der Waals surface area contributed by atoms with Crippen molar-refractivity contribution in [2.24, 2.45) is 5.92 Å². The minimum atomic E-state index is -0.692. The summed E-state index contributed by atoms with van der Waals surface area (Å²) in [5.41, 5.74) is 1.87. The van der Waals surface area contributed by atoms with Crippen LogP contribution >= 0.6 is 0 Å². The molecule has 1 fully saturated rings. The van der Waals surface area contributed by atoms with Crippen molar-refractivity contribution in [2.45, 2.75) is 0 Å². The maximum absolute atomic E-state index is 13.3. The number of likely N-dealkylation sites (tertiary alicyclic amines) is 1. The number of halogens is 2. The molecule has 0 spiro atoms. The summed E-state index contributed by atoms with van der Waals surface area (Å²) in [5, 5.41) is 2.83. The summed E-state index contributed by atoms with van der Waals surface area (Å²) in [6.45, 7) is 1.39. The van der Waals surface area contributed by atoms with Crippen molar-refractivity contribution in [1.29, 1.82) is 0 Å². The first-order valence-corrected chi connectivity index (χ1v) is 9.40. The average molecular weight is 408 g/mol. The van der Waals surface area contributed by atoms with Gasteiger partial charge < -0.3 is 10.2 Å². The molecular weight excluding hydrogens is 390 g/mol. The fourth-order valence-electron chi connectivity index (χ4n) is 3.27. The fourth-order valence-corrected chi connectivity index (χ4v) is 3.27. The van der Waals surface area contributed by atoms with Crippen LogP contribution in [0.15, 0.2) is 60.9 Å². The summed E-state index contributed by atoms with van der Waals surface area (Å²) < 4.78 is 26.5. The number of nitrogens with one attached hydrogen (secondary N) is 1. The van der Waals surface area contributed by atoms with Crippen molar-refractivity contribution < 1.29 is 18.4 Å². The molecule has 0 atom stereocenters. The summed E-state index contributed by atoms with van der Waals surface area (Å²) in [4.78, 5) is 33.9. The highest BCUT2D eigenvalue weighted by molar-refractivity contribution is 5.95. The molecule has 3 heterocycles. The Kier molecular flexibility index (Phi) is 5.47. The second kappa shape index (κ2) is 8.36. The molecule has 1 aliphatic heterocycles. The first kappa shape index (κ1) is 19.6. The molecule has 1 saturated heterocycles. The van der Waals surface area contributed by atoms with Gasteiger partial charge in [-0.25, -0.2) is 9.37 Å². The smallest absolute Gasteiger partial charge is 0.254 e. The Morgan fingerprint density at radius 2 is 1.87 bits per heavy atom. The van der Waals surface area contributed by atoms with Crippen LogP contribution in [0.25, 0.3) is 11.3 Å². The number of carbonyl (C=O) groups is 2. The predicted octanol–water partition coefficient (Wildman–Crippen LogP) is 2.92. The zero-order valence-corrected chi connectivity index (χ0v) is 15.9. The summed E-state index contributed by atoms with van der Waals surface area (Å²) in [6, 6.07) is 12.0. The van der Waals surface area contributed by atoms with E-state index in [2.05, 4.69) is 15.3 Å². The topological polar surface area (TPSA) is 75.2 Å². The molecule has 1 aromatic carbocycles. The Morgan fingerprint density at radius 1 is 1.03 bits per heavy atom. The molecule has 3 aromatic rings. The van der Waals surface area contributed by atoms with Crippen molar-refractivity contribution >= 4 is 11.8 Å². The standard InChI is InChI=1S/C22H18F2N4O2/c23-18-3-1-2-15(8-18)19-5-4-17(11-26-19)21(29)27-10-14-12-28(13-14)22(30)16-6-7-25-20(24)9-16/h1-9,11,14H,10,12-13H2,(H,27,29). The maximum atomic E-state index is 13.3. The lowest BCUT2D eigenvalue weighted by Crippen LogP contribution is -2.53. The maximum Gasteiger partial charge on any atom is 0.254 e. The van der Waals surface area contributed by atoms with Crippen LogP contribution in [-0.2, 0) is 0 Å². The van der Waals surface area contributed by atoms with Crippen molar-refractivity contribution in [2.75, 3.05) is 19.6 Å². The highest BCUT2D eigenvalue weighted by Crippen LogP contribution is 2.19. The third kappa shape index (κ3) is 4.32. The van der Waals surface area contributed by atoms with Crippen LogP contribution in [0.1, 0.15) is 20.7 Å². The van der Waals surface area contributed by atoms with Gasteiger partial charge in [-0.2, -0.15) is 4.39 Å². The van der Waals surface area contributed by atoms with E-state index < -0.39 is 5.95 Å². The first-order chi connectivity index (χ1) is 14.5. The molecule has 0 saturated carbocycles. The minimum Gasteiger partial charge on any atom is -0.352 e. The Balaban J connectivity index is 1.27. The molecule has 6 nitrogen and oxygen atoms in total. The molecule has 8 heteroatoms. The summed E-state index contributed by atoms with van der Waals surface area (Å²) in [5.74, 6) is -1.44. The van der Waals surface area contributed by atoms with Gasteiger partial charge in [0.25, 0.3) is 11.8 Å². The number of carbonyl (C=O) groups excluding carboxylic acids is 2. The van der Waals surface area contributed by atoms with Gasteiger partial charge in [0.2, 0.25) is 5.95 Å². The number of nitrogens with zero attached hydrogens (tertiary/aromatic N) is 3. The highest BCUT2D eigenvalue weighted by Gasteiger charge is 2.31. The Bertz CT molecular complexity index is 1080. The first-order valence-electron chi connectivity index (χ1n) is 9.40. The molecule has 30 heavy (non-hydrogen) atoms. The summed E-state index contributed by atoms with van der Waals surface area (Å²) >= 11 is 0. The van der Waals surface area contributed by atoms with Crippen molar-refractivity contribution in [3.63, 3.8) is 0 Å². The number of rotatable bonds is 5. The monoisotopic (exact) mass is 408 g/mol. The minimum absolute atomic E-state index is 0.129. The fraction of sp³-hybridized carbons (Fsp3) is 0.182. The molecular formula is C22H18F2N4O2. The van der Waals surface area contributed by atoms with Crippen LogP contribution in [0, 0.1) is 17.7 Å². The van der Waals surface area contributed by atoms with Crippen LogP contribution in [-0.4, -0.2) is 46.3 Å². The van der Waals surface area contributed by atoms with Gasteiger partial charge in [0.1, 0.15) is 5.82 Å². The lowest BCUT2D eigenvalue weighted by Gasteiger charge is -2.39. The lowest BCUT2D eigenvalue weighted by atomic mass is 9.98. The van der Waals surface area contributed by atoms with E-state index in [-0.39, 0.29) is 29.1 Å². The van der Waals surface area contributed by atoms with Crippen LogP contribution in [0.2, 0.25) is 0 Å². The largest absolute Gasteiger partial charge is 0.352 e.